The number of rotatable bonds is 51. The summed E-state index contributed by atoms with van der Waals surface area (Å²) in [5, 5.41) is 56.9. The van der Waals surface area contributed by atoms with E-state index in [1.807, 2.05) is 6.08 Å². The van der Waals surface area contributed by atoms with Crippen molar-refractivity contribution in [1.29, 1.82) is 0 Å². The van der Waals surface area contributed by atoms with Crippen molar-refractivity contribution in [2.45, 2.75) is 307 Å². The van der Waals surface area contributed by atoms with E-state index in [2.05, 4.69) is 86.8 Å². The molecule has 0 spiro atoms. The van der Waals surface area contributed by atoms with Crippen molar-refractivity contribution in [1.82, 2.24) is 5.32 Å². The molecule has 11 nitrogen and oxygen atoms in total. The Balaban J connectivity index is 2.70. The van der Waals surface area contributed by atoms with Gasteiger partial charge in [0.15, 0.2) is 12.4 Å². The van der Waals surface area contributed by atoms with Crippen LogP contribution in [0.4, 0.5) is 0 Å². The van der Waals surface area contributed by atoms with Crippen LogP contribution in [0.2, 0.25) is 0 Å². The number of unbranched alkanes of at least 4 members (excludes halogenated alkanes) is 27. The lowest BCUT2D eigenvalue weighted by Crippen LogP contribution is -2.61. The van der Waals surface area contributed by atoms with E-state index in [9.17, 15) is 35.1 Å². The standard InChI is InChI=1S/C64H113NO10/c1-4-7-10-13-16-19-22-25-26-27-28-29-30-31-32-34-37-40-43-46-49-52-59(69)75-62-61(71)60(70)58(53-66)74-64(62)73-54-55(56(67)50-47-44-41-38-35-24-21-18-15-12-9-6-3)65-63(72)57(68)51-48-45-42-39-36-33-23-20-17-14-11-8-5-2/h16,19,25-26,28-29,31-32,36,39,47,50,55-58,60-62,64,66-68,70-71H,4-15,17-18,20-24,27,30,33-35,37-38,40-46,48-49,51-54H2,1-3H3,(H,65,72)/b19-16-,26-25-,29-28-,32-31-,39-36-,50-47+. The van der Waals surface area contributed by atoms with Gasteiger partial charge in [-0.1, -0.05) is 229 Å². The molecule has 8 unspecified atom stereocenters. The van der Waals surface area contributed by atoms with Gasteiger partial charge in [0.2, 0.25) is 5.91 Å². The van der Waals surface area contributed by atoms with E-state index >= 15 is 0 Å². The van der Waals surface area contributed by atoms with Crippen molar-refractivity contribution < 1.29 is 49.3 Å². The normalized spacial score (nSPS) is 19.7. The minimum Gasteiger partial charge on any atom is -0.454 e. The van der Waals surface area contributed by atoms with Crippen LogP contribution in [-0.4, -0.2) is 99.6 Å². The van der Waals surface area contributed by atoms with Crippen LogP contribution in [0.15, 0.2) is 72.9 Å². The molecular weight excluding hydrogens is 943 g/mol. The molecule has 0 saturated carbocycles. The Morgan fingerprint density at radius 3 is 1.41 bits per heavy atom. The number of hydrogen-bond acceptors (Lipinski definition) is 10. The Labute approximate surface area is 458 Å². The van der Waals surface area contributed by atoms with Crippen molar-refractivity contribution >= 4 is 11.9 Å². The molecule has 6 N–H and O–H groups in total. The average molecular weight is 1060 g/mol. The summed E-state index contributed by atoms with van der Waals surface area (Å²) in [6, 6.07) is -1.04. The zero-order valence-corrected chi connectivity index (χ0v) is 47.9. The summed E-state index contributed by atoms with van der Waals surface area (Å²) in [6.45, 7) is 5.73. The van der Waals surface area contributed by atoms with Crippen LogP contribution in [0.25, 0.3) is 0 Å². The Kier molecular flexibility index (Phi) is 48.5. The number of carbonyl (C=O) groups is 2. The molecule has 1 saturated heterocycles. The van der Waals surface area contributed by atoms with Crippen molar-refractivity contribution in [3.63, 3.8) is 0 Å². The average Bonchev–Trinajstić information content (AvgIpc) is 3.41. The minimum atomic E-state index is -1.63. The smallest absolute Gasteiger partial charge is 0.306 e. The first kappa shape index (κ1) is 70.1. The van der Waals surface area contributed by atoms with E-state index in [1.54, 1.807) is 6.08 Å². The zero-order valence-electron chi connectivity index (χ0n) is 47.9. The number of nitrogens with one attached hydrogen (secondary N) is 1. The maximum absolute atomic E-state index is 13.4. The van der Waals surface area contributed by atoms with Crippen LogP contribution in [0.3, 0.4) is 0 Å². The highest BCUT2D eigenvalue weighted by molar-refractivity contribution is 5.80. The molecule has 0 bridgehead atoms. The predicted octanol–water partition coefficient (Wildman–Crippen LogP) is 14.4. The number of allylic oxidation sites excluding steroid dienone is 11. The molecule has 434 valence electrons. The lowest BCUT2D eigenvalue weighted by Gasteiger charge is -2.41. The molecule has 0 radical (unpaired) electrons. The fourth-order valence-corrected chi connectivity index (χ4v) is 9.16. The molecule has 1 rings (SSSR count). The summed E-state index contributed by atoms with van der Waals surface area (Å²) in [7, 11) is 0. The molecule has 1 fully saturated rings. The van der Waals surface area contributed by atoms with Crippen LogP contribution in [-0.2, 0) is 23.8 Å². The Morgan fingerprint density at radius 2 is 0.920 bits per heavy atom. The third-order valence-corrected chi connectivity index (χ3v) is 14.1. The second-order valence-electron chi connectivity index (χ2n) is 21.1. The van der Waals surface area contributed by atoms with Crippen LogP contribution < -0.4 is 5.32 Å². The Bertz CT molecular complexity index is 1490. The van der Waals surface area contributed by atoms with Gasteiger partial charge >= 0.3 is 5.97 Å². The van der Waals surface area contributed by atoms with E-state index < -0.39 is 67.4 Å². The van der Waals surface area contributed by atoms with E-state index in [1.165, 1.54) is 122 Å². The molecular formula is C64H113NO10. The fourth-order valence-electron chi connectivity index (χ4n) is 9.16. The predicted molar refractivity (Wildman–Crippen MR) is 310 cm³/mol. The van der Waals surface area contributed by atoms with Gasteiger partial charge in [-0.15, -0.1) is 0 Å². The minimum absolute atomic E-state index is 0.0985. The lowest BCUT2D eigenvalue weighted by atomic mass is 9.99. The number of carbonyl (C=O) groups excluding carboxylic acids is 2. The SMILES string of the molecule is CCCCC/C=C\C/C=C\C/C=C\C/C=C\CCCCCCCC(=O)OC1C(OCC(NC(=O)C(O)CCCC/C=C\CCCCCCCCC)C(O)/C=C/CCCCCCCCCCCC)OC(CO)C(O)C1O. The van der Waals surface area contributed by atoms with Crippen LogP contribution in [0, 0.1) is 0 Å². The van der Waals surface area contributed by atoms with Gasteiger partial charge < -0.3 is 45.1 Å². The van der Waals surface area contributed by atoms with Gasteiger partial charge in [0.05, 0.1) is 25.4 Å². The molecule has 1 aliphatic rings. The third kappa shape index (κ3) is 40.0. The largest absolute Gasteiger partial charge is 0.454 e. The number of aliphatic hydroxyl groups excluding tert-OH is 5. The molecule has 1 aliphatic heterocycles. The van der Waals surface area contributed by atoms with E-state index in [4.69, 9.17) is 14.2 Å². The maximum Gasteiger partial charge on any atom is 0.306 e. The first-order chi connectivity index (χ1) is 36.7. The maximum atomic E-state index is 13.4. The molecule has 8 atom stereocenters. The van der Waals surface area contributed by atoms with Gasteiger partial charge in [-0.25, -0.2) is 0 Å². The molecule has 75 heavy (non-hydrogen) atoms. The van der Waals surface area contributed by atoms with Crippen LogP contribution in [0.1, 0.15) is 258 Å². The lowest BCUT2D eigenvalue weighted by molar-refractivity contribution is -0.305. The second-order valence-corrected chi connectivity index (χ2v) is 21.1. The molecule has 0 aromatic rings. The summed E-state index contributed by atoms with van der Waals surface area (Å²) in [6.07, 6.45) is 55.1. The van der Waals surface area contributed by atoms with Crippen molar-refractivity contribution in [2.75, 3.05) is 13.2 Å². The zero-order chi connectivity index (χ0) is 54.7. The first-order valence-corrected chi connectivity index (χ1v) is 30.7. The second kappa shape index (κ2) is 51.8. The van der Waals surface area contributed by atoms with Gasteiger partial charge in [-0.05, 0) is 96.3 Å². The number of aliphatic hydroxyl groups is 5. The summed E-state index contributed by atoms with van der Waals surface area (Å²) in [4.78, 5) is 26.5. The first-order valence-electron chi connectivity index (χ1n) is 30.7. The Morgan fingerprint density at radius 1 is 0.520 bits per heavy atom. The van der Waals surface area contributed by atoms with Crippen molar-refractivity contribution in [2.24, 2.45) is 0 Å². The van der Waals surface area contributed by atoms with Gasteiger partial charge in [0.25, 0.3) is 0 Å². The van der Waals surface area contributed by atoms with E-state index in [0.717, 1.165) is 89.9 Å². The number of esters is 1. The van der Waals surface area contributed by atoms with Crippen LogP contribution in [0.5, 0.6) is 0 Å². The highest BCUT2D eigenvalue weighted by Crippen LogP contribution is 2.26. The Hall–Kier alpha value is -2.90. The molecule has 1 heterocycles. The summed E-state index contributed by atoms with van der Waals surface area (Å²) < 4.78 is 17.6. The summed E-state index contributed by atoms with van der Waals surface area (Å²) in [5.74, 6) is -1.23. The van der Waals surface area contributed by atoms with E-state index in [-0.39, 0.29) is 19.4 Å². The number of ether oxygens (including phenoxy) is 3. The fraction of sp³-hybridized carbons (Fsp3) is 0.781. The third-order valence-electron chi connectivity index (χ3n) is 14.1. The van der Waals surface area contributed by atoms with E-state index in [0.29, 0.717) is 12.8 Å². The van der Waals surface area contributed by atoms with Gasteiger partial charge in [-0.3, -0.25) is 9.59 Å². The summed E-state index contributed by atoms with van der Waals surface area (Å²) in [5.41, 5.74) is 0. The highest BCUT2D eigenvalue weighted by Gasteiger charge is 2.47. The molecule has 0 aromatic heterocycles. The van der Waals surface area contributed by atoms with Crippen LogP contribution >= 0.6 is 0 Å². The topological polar surface area (TPSA) is 175 Å². The molecule has 1 amide bonds. The van der Waals surface area contributed by atoms with Crippen molar-refractivity contribution in [3.05, 3.63) is 72.9 Å². The quantitative estimate of drug-likeness (QED) is 0.0195. The number of hydrogen-bond donors (Lipinski definition) is 6. The van der Waals surface area contributed by atoms with Gasteiger partial charge in [0, 0.05) is 6.42 Å². The van der Waals surface area contributed by atoms with Gasteiger partial charge in [0.1, 0.15) is 24.4 Å². The molecule has 11 heteroatoms. The van der Waals surface area contributed by atoms with Crippen molar-refractivity contribution in [3.8, 4) is 0 Å². The molecule has 0 aliphatic carbocycles. The molecule has 0 aromatic carbocycles. The summed E-state index contributed by atoms with van der Waals surface area (Å²) >= 11 is 0. The number of amides is 1. The monoisotopic (exact) mass is 1060 g/mol. The van der Waals surface area contributed by atoms with Gasteiger partial charge in [-0.2, -0.15) is 0 Å². The highest BCUT2D eigenvalue weighted by atomic mass is 16.7.